The Bertz CT molecular complexity index is 699. The second kappa shape index (κ2) is 7.82. The third kappa shape index (κ3) is 4.16. The molecule has 0 unspecified atom stereocenters. The fourth-order valence-corrected chi connectivity index (χ4v) is 3.29. The van der Waals surface area contributed by atoms with Gasteiger partial charge in [-0.1, -0.05) is 41.9 Å². The number of amides is 1. The maximum Gasteiger partial charge on any atom is 0.254 e. The minimum Gasteiger partial charge on any atom is -0.337 e. The van der Waals surface area contributed by atoms with Crippen molar-refractivity contribution in [3.05, 3.63) is 70.2 Å². The third-order valence-corrected chi connectivity index (χ3v) is 4.82. The molecular formula is C20H23ClN2O. The summed E-state index contributed by atoms with van der Waals surface area (Å²) >= 11 is 5.95. The van der Waals surface area contributed by atoms with Gasteiger partial charge in [-0.3, -0.25) is 9.69 Å². The number of benzene rings is 2. The molecule has 2 aromatic rings. The van der Waals surface area contributed by atoms with Crippen LogP contribution in [0.4, 0.5) is 0 Å². The Morgan fingerprint density at radius 1 is 1.00 bits per heavy atom. The molecule has 0 aromatic heterocycles. The average molecular weight is 343 g/mol. The Kier molecular flexibility index (Phi) is 5.54. The molecule has 0 N–H and O–H groups in total. The number of hydrogen-bond donors (Lipinski definition) is 0. The molecule has 0 radical (unpaired) electrons. The van der Waals surface area contributed by atoms with Gasteiger partial charge in [-0.05, 0) is 42.7 Å². The van der Waals surface area contributed by atoms with Crippen LogP contribution in [0.5, 0.6) is 0 Å². The predicted molar refractivity (Wildman–Crippen MR) is 98.4 cm³/mol. The van der Waals surface area contributed by atoms with E-state index in [1.54, 1.807) is 0 Å². The summed E-state index contributed by atoms with van der Waals surface area (Å²) in [5, 5.41) is 0.768. The summed E-state index contributed by atoms with van der Waals surface area (Å²) in [6, 6.07) is 15.8. The molecule has 1 saturated heterocycles. The van der Waals surface area contributed by atoms with Crippen molar-refractivity contribution < 1.29 is 4.79 Å². The first kappa shape index (κ1) is 17.0. The summed E-state index contributed by atoms with van der Waals surface area (Å²) in [7, 11) is 0. The molecule has 1 aliphatic rings. The Balaban J connectivity index is 1.61. The Morgan fingerprint density at radius 2 is 1.75 bits per heavy atom. The zero-order valence-electron chi connectivity index (χ0n) is 14.0. The maximum atomic E-state index is 12.8. The number of nitrogens with zero attached hydrogens (tertiary/aromatic N) is 2. The highest BCUT2D eigenvalue weighted by atomic mass is 35.5. The van der Waals surface area contributed by atoms with E-state index in [1.165, 1.54) is 5.56 Å². The van der Waals surface area contributed by atoms with Crippen molar-refractivity contribution in [1.82, 2.24) is 9.80 Å². The van der Waals surface area contributed by atoms with E-state index < -0.39 is 0 Å². The smallest absolute Gasteiger partial charge is 0.254 e. The van der Waals surface area contributed by atoms with Crippen molar-refractivity contribution in [2.75, 3.05) is 26.2 Å². The number of carbonyl (C=O) groups excluding carboxylic acids is 1. The molecule has 0 bridgehead atoms. The largest absolute Gasteiger partial charge is 0.337 e. The number of rotatable bonds is 3. The summed E-state index contributed by atoms with van der Waals surface area (Å²) in [4.78, 5) is 17.2. The van der Waals surface area contributed by atoms with Crippen LogP contribution in [0.1, 0.15) is 27.9 Å². The SMILES string of the molecule is Cc1ccccc1C(=O)N1CCCN(Cc2ccc(Cl)cc2)CC1. The molecule has 1 fully saturated rings. The maximum absolute atomic E-state index is 12.8. The molecule has 126 valence electrons. The fraction of sp³-hybridized carbons (Fsp3) is 0.350. The molecule has 3 nitrogen and oxygen atoms in total. The molecule has 0 spiro atoms. The van der Waals surface area contributed by atoms with E-state index in [2.05, 4.69) is 17.0 Å². The van der Waals surface area contributed by atoms with Crippen LogP contribution in [0.2, 0.25) is 5.02 Å². The van der Waals surface area contributed by atoms with E-state index in [0.717, 1.165) is 55.3 Å². The Morgan fingerprint density at radius 3 is 2.50 bits per heavy atom. The lowest BCUT2D eigenvalue weighted by Gasteiger charge is -2.22. The Labute approximate surface area is 148 Å². The van der Waals surface area contributed by atoms with Crippen molar-refractivity contribution in [2.24, 2.45) is 0 Å². The summed E-state index contributed by atoms with van der Waals surface area (Å²) in [5.41, 5.74) is 3.13. The molecule has 0 atom stereocenters. The van der Waals surface area contributed by atoms with Gasteiger partial charge < -0.3 is 4.90 Å². The summed E-state index contributed by atoms with van der Waals surface area (Å²) in [6.45, 7) is 6.42. The first-order valence-corrected chi connectivity index (χ1v) is 8.83. The van der Waals surface area contributed by atoms with Gasteiger partial charge in [0, 0.05) is 43.3 Å². The van der Waals surface area contributed by atoms with Gasteiger partial charge in [0.05, 0.1) is 0 Å². The van der Waals surface area contributed by atoms with Crippen LogP contribution in [0.25, 0.3) is 0 Å². The van der Waals surface area contributed by atoms with Crippen molar-refractivity contribution in [1.29, 1.82) is 0 Å². The predicted octanol–water partition coefficient (Wildman–Crippen LogP) is 4.00. The second-order valence-corrected chi connectivity index (χ2v) is 6.80. The van der Waals surface area contributed by atoms with E-state index in [9.17, 15) is 4.79 Å². The van der Waals surface area contributed by atoms with Crippen molar-refractivity contribution >= 4 is 17.5 Å². The van der Waals surface area contributed by atoms with Crippen LogP contribution in [-0.4, -0.2) is 41.9 Å². The van der Waals surface area contributed by atoms with Crippen LogP contribution >= 0.6 is 11.6 Å². The molecule has 4 heteroatoms. The first-order valence-electron chi connectivity index (χ1n) is 8.45. The van der Waals surface area contributed by atoms with Crippen molar-refractivity contribution in [3.63, 3.8) is 0 Å². The molecule has 0 saturated carbocycles. The van der Waals surface area contributed by atoms with Gasteiger partial charge in [0.15, 0.2) is 0 Å². The van der Waals surface area contributed by atoms with Crippen LogP contribution in [0, 0.1) is 6.92 Å². The molecule has 1 aliphatic heterocycles. The number of hydrogen-bond acceptors (Lipinski definition) is 2. The minimum atomic E-state index is 0.154. The summed E-state index contributed by atoms with van der Waals surface area (Å²) in [6.07, 6.45) is 1.01. The van der Waals surface area contributed by atoms with Gasteiger partial charge in [-0.15, -0.1) is 0 Å². The molecule has 24 heavy (non-hydrogen) atoms. The van der Waals surface area contributed by atoms with Gasteiger partial charge in [0.2, 0.25) is 0 Å². The molecule has 1 amide bonds. The fourth-order valence-electron chi connectivity index (χ4n) is 3.16. The van der Waals surface area contributed by atoms with Crippen LogP contribution < -0.4 is 0 Å². The van der Waals surface area contributed by atoms with E-state index in [4.69, 9.17) is 11.6 Å². The zero-order valence-corrected chi connectivity index (χ0v) is 14.8. The van der Waals surface area contributed by atoms with Gasteiger partial charge in [-0.25, -0.2) is 0 Å². The first-order chi connectivity index (χ1) is 11.6. The van der Waals surface area contributed by atoms with E-state index in [1.807, 2.05) is 48.2 Å². The molecular weight excluding hydrogens is 320 g/mol. The highest BCUT2D eigenvalue weighted by molar-refractivity contribution is 6.30. The normalized spacial score (nSPS) is 16.0. The average Bonchev–Trinajstić information content (AvgIpc) is 2.82. The highest BCUT2D eigenvalue weighted by Crippen LogP contribution is 2.15. The molecule has 3 rings (SSSR count). The number of halogens is 1. The third-order valence-electron chi connectivity index (χ3n) is 4.57. The monoisotopic (exact) mass is 342 g/mol. The van der Waals surface area contributed by atoms with E-state index in [0.29, 0.717) is 0 Å². The minimum absolute atomic E-state index is 0.154. The molecule has 0 aliphatic carbocycles. The summed E-state index contributed by atoms with van der Waals surface area (Å²) < 4.78 is 0. The van der Waals surface area contributed by atoms with E-state index in [-0.39, 0.29) is 5.91 Å². The lowest BCUT2D eigenvalue weighted by atomic mass is 10.1. The molecule has 1 heterocycles. The van der Waals surface area contributed by atoms with Crippen LogP contribution in [0.15, 0.2) is 48.5 Å². The van der Waals surface area contributed by atoms with E-state index >= 15 is 0 Å². The van der Waals surface area contributed by atoms with Gasteiger partial charge in [-0.2, -0.15) is 0 Å². The van der Waals surface area contributed by atoms with Crippen molar-refractivity contribution in [2.45, 2.75) is 19.9 Å². The van der Waals surface area contributed by atoms with Crippen LogP contribution in [0.3, 0.4) is 0 Å². The molecule has 2 aromatic carbocycles. The topological polar surface area (TPSA) is 23.6 Å². The lowest BCUT2D eigenvalue weighted by Crippen LogP contribution is -2.35. The Hall–Kier alpha value is -1.84. The van der Waals surface area contributed by atoms with Crippen LogP contribution in [-0.2, 0) is 6.54 Å². The highest BCUT2D eigenvalue weighted by Gasteiger charge is 2.21. The summed E-state index contributed by atoms with van der Waals surface area (Å²) in [5.74, 6) is 0.154. The lowest BCUT2D eigenvalue weighted by molar-refractivity contribution is 0.0760. The number of aryl methyl sites for hydroxylation is 1. The zero-order chi connectivity index (χ0) is 16.9. The van der Waals surface area contributed by atoms with Gasteiger partial charge >= 0.3 is 0 Å². The number of carbonyl (C=O) groups is 1. The standard InChI is InChI=1S/C20H23ClN2O/c1-16-5-2-3-6-19(16)20(24)23-12-4-11-22(13-14-23)15-17-7-9-18(21)10-8-17/h2-3,5-10H,4,11-15H2,1H3. The second-order valence-electron chi connectivity index (χ2n) is 6.36. The van der Waals surface area contributed by atoms with Crippen molar-refractivity contribution in [3.8, 4) is 0 Å². The van der Waals surface area contributed by atoms with Gasteiger partial charge in [0.25, 0.3) is 5.91 Å². The van der Waals surface area contributed by atoms with Gasteiger partial charge in [0.1, 0.15) is 0 Å². The quantitative estimate of drug-likeness (QED) is 0.841.